The van der Waals surface area contributed by atoms with Gasteiger partial charge in [0.05, 0.1) is 19.2 Å². The van der Waals surface area contributed by atoms with Gasteiger partial charge in [0.2, 0.25) is 0 Å². The molecule has 4 rings (SSSR count). The smallest absolute Gasteiger partial charge is 0.338 e. The number of benzene rings is 3. The molecule has 1 atom stereocenters. The topological polar surface area (TPSA) is 38.8 Å². The average molecular weight is 387 g/mol. The molecule has 0 aliphatic carbocycles. The maximum Gasteiger partial charge on any atom is 0.338 e. The van der Waals surface area contributed by atoms with Crippen molar-refractivity contribution < 1.29 is 14.3 Å². The van der Waals surface area contributed by atoms with Crippen molar-refractivity contribution in [2.24, 2.45) is 0 Å². The van der Waals surface area contributed by atoms with Gasteiger partial charge >= 0.3 is 5.97 Å². The van der Waals surface area contributed by atoms with Crippen LogP contribution in [0.2, 0.25) is 0 Å². The highest BCUT2D eigenvalue weighted by atomic mass is 16.5. The van der Waals surface area contributed by atoms with Crippen LogP contribution in [0.25, 0.3) is 11.1 Å². The van der Waals surface area contributed by atoms with Gasteiger partial charge in [0.1, 0.15) is 11.9 Å². The molecule has 0 bridgehead atoms. The molecule has 1 unspecified atom stereocenters. The normalized spacial score (nSPS) is 16.3. The summed E-state index contributed by atoms with van der Waals surface area (Å²) in [4.78, 5) is 14.9. The molecule has 29 heavy (non-hydrogen) atoms. The van der Waals surface area contributed by atoms with Gasteiger partial charge in [0.15, 0.2) is 0 Å². The number of ether oxygens (including phenoxy) is 2. The van der Waals surface area contributed by atoms with Crippen molar-refractivity contribution in [2.45, 2.75) is 18.9 Å². The highest BCUT2D eigenvalue weighted by molar-refractivity contribution is 5.90. The van der Waals surface area contributed by atoms with E-state index in [0.717, 1.165) is 42.8 Å². The first-order chi connectivity index (χ1) is 14.2. The van der Waals surface area contributed by atoms with Crippen LogP contribution in [0.1, 0.15) is 23.2 Å². The van der Waals surface area contributed by atoms with Gasteiger partial charge in [-0.25, -0.2) is 4.79 Å². The fourth-order valence-corrected chi connectivity index (χ4v) is 3.71. The van der Waals surface area contributed by atoms with E-state index < -0.39 is 0 Å². The van der Waals surface area contributed by atoms with Crippen LogP contribution in [-0.2, 0) is 4.74 Å². The Morgan fingerprint density at radius 1 is 0.897 bits per heavy atom. The minimum absolute atomic E-state index is 0.0854. The number of anilines is 1. The van der Waals surface area contributed by atoms with Gasteiger partial charge in [0, 0.05) is 12.2 Å². The van der Waals surface area contributed by atoms with Crippen LogP contribution in [0.15, 0.2) is 78.9 Å². The SMILES string of the molecule is COc1ccc(-c2ccc(C(=O)OC3CCCN(c4ccccc4)C3)cc2)cc1. The summed E-state index contributed by atoms with van der Waals surface area (Å²) in [7, 11) is 1.65. The molecule has 0 amide bonds. The third-order valence-electron chi connectivity index (χ3n) is 5.32. The zero-order chi connectivity index (χ0) is 20.1. The Hall–Kier alpha value is -3.27. The highest BCUT2D eigenvalue weighted by Crippen LogP contribution is 2.24. The monoisotopic (exact) mass is 387 g/mol. The number of rotatable bonds is 5. The summed E-state index contributed by atoms with van der Waals surface area (Å²) >= 11 is 0. The summed E-state index contributed by atoms with van der Waals surface area (Å²) < 4.78 is 11.0. The van der Waals surface area contributed by atoms with Crippen molar-refractivity contribution in [2.75, 3.05) is 25.1 Å². The molecule has 0 radical (unpaired) electrons. The molecule has 0 saturated carbocycles. The molecule has 4 heteroatoms. The Balaban J connectivity index is 1.39. The van der Waals surface area contributed by atoms with E-state index in [0.29, 0.717) is 5.56 Å². The fraction of sp³-hybridized carbons (Fsp3) is 0.240. The number of piperidine rings is 1. The molecule has 1 fully saturated rings. The molecular formula is C25H25NO3. The summed E-state index contributed by atoms with van der Waals surface area (Å²) in [5.41, 5.74) is 3.89. The first kappa shape index (κ1) is 19.1. The number of para-hydroxylation sites is 1. The second-order valence-electron chi connectivity index (χ2n) is 7.26. The molecule has 0 aromatic heterocycles. The maximum absolute atomic E-state index is 12.6. The van der Waals surface area contributed by atoms with E-state index in [1.54, 1.807) is 7.11 Å². The van der Waals surface area contributed by atoms with Crippen LogP contribution < -0.4 is 9.64 Å². The zero-order valence-corrected chi connectivity index (χ0v) is 16.6. The number of hydrogen-bond donors (Lipinski definition) is 0. The predicted molar refractivity (Wildman–Crippen MR) is 116 cm³/mol. The van der Waals surface area contributed by atoms with E-state index in [1.165, 1.54) is 5.69 Å². The molecule has 1 saturated heterocycles. The van der Waals surface area contributed by atoms with Gasteiger partial charge in [-0.2, -0.15) is 0 Å². The first-order valence-electron chi connectivity index (χ1n) is 9.98. The molecule has 148 valence electrons. The lowest BCUT2D eigenvalue weighted by Crippen LogP contribution is -2.40. The van der Waals surface area contributed by atoms with E-state index in [2.05, 4.69) is 17.0 Å². The molecule has 0 N–H and O–H groups in total. The first-order valence-corrected chi connectivity index (χ1v) is 9.98. The molecule has 3 aromatic carbocycles. The largest absolute Gasteiger partial charge is 0.497 e. The van der Waals surface area contributed by atoms with Crippen LogP contribution in [-0.4, -0.2) is 32.3 Å². The number of esters is 1. The van der Waals surface area contributed by atoms with Gasteiger partial charge in [-0.15, -0.1) is 0 Å². The number of carbonyl (C=O) groups excluding carboxylic acids is 1. The summed E-state index contributed by atoms with van der Waals surface area (Å²) in [6, 6.07) is 25.7. The summed E-state index contributed by atoms with van der Waals surface area (Å²) in [5.74, 6) is 0.567. The summed E-state index contributed by atoms with van der Waals surface area (Å²) in [6.07, 6.45) is 1.83. The third-order valence-corrected chi connectivity index (χ3v) is 5.32. The van der Waals surface area contributed by atoms with Crippen LogP contribution in [0.5, 0.6) is 5.75 Å². The van der Waals surface area contributed by atoms with Crippen LogP contribution in [0.4, 0.5) is 5.69 Å². The fourth-order valence-electron chi connectivity index (χ4n) is 3.71. The lowest BCUT2D eigenvalue weighted by atomic mass is 10.0. The highest BCUT2D eigenvalue weighted by Gasteiger charge is 2.23. The van der Waals surface area contributed by atoms with Gasteiger partial charge in [0.25, 0.3) is 0 Å². The Morgan fingerprint density at radius 3 is 2.21 bits per heavy atom. The van der Waals surface area contributed by atoms with E-state index in [-0.39, 0.29) is 12.1 Å². The van der Waals surface area contributed by atoms with Crippen molar-refractivity contribution in [1.29, 1.82) is 0 Å². The maximum atomic E-state index is 12.6. The Morgan fingerprint density at radius 2 is 1.55 bits per heavy atom. The van der Waals surface area contributed by atoms with Crippen LogP contribution in [0.3, 0.4) is 0 Å². The average Bonchev–Trinajstić information content (AvgIpc) is 2.80. The number of nitrogens with zero attached hydrogens (tertiary/aromatic N) is 1. The zero-order valence-electron chi connectivity index (χ0n) is 16.6. The second kappa shape index (κ2) is 8.82. The number of hydrogen-bond acceptors (Lipinski definition) is 4. The van der Waals surface area contributed by atoms with Crippen LogP contribution in [0, 0.1) is 0 Å². The lowest BCUT2D eigenvalue weighted by molar-refractivity contribution is 0.0270. The van der Waals surface area contributed by atoms with Crippen molar-refractivity contribution >= 4 is 11.7 Å². The van der Waals surface area contributed by atoms with Crippen molar-refractivity contribution in [3.8, 4) is 16.9 Å². The molecule has 1 heterocycles. The van der Waals surface area contributed by atoms with E-state index in [1.807, 2.05) is 66.7 Å². The molecule has 0 spiro atoms. The van der Waals surface area contributed by atoms with E-state index >= 15 is 0 Å². The van der Waals surface area contributed by atoms with E-state index in [4.69, 9.17) is 9.47 Å². The lowest BCUT2D eigenvalue weighted by Gasteiger charge is -2.34. The van der Waals surface area contributed by atoms with E-state index in [9.17, 15) is 4.79 Å². The minimum Gasteiger partial charge on any atom is -0.497 e. The third kappa shape index (κ3) is 4.60. The molecule has 1 aliphatic rings. The Kier molecular flexibility index (Phi) is 5.80. The van der Waals surface area contributed by atoms with Crippen molar-refractivity contribution in [1.82, 2.24) is 0 Å². The van der Waals surface area contributed by atoms with Gasteiger partial charge in [-0.1, -0.05) is 42.5 Å². The standard InChI is InChI=1S/C25H25NO3/c1-28-23-15-13-20(14-16-23)19-9-11-21(12-10-19)25(27)29-24-8-5-17-26(18-24)22-6-3-2-4-7-22/h2-4,6-7,9-16,24H,5,8,17-18H2,1H3. The molecule has 1 aliphatic heterocycles. The quantitative estimate of drug-likeness (QED) is 0.565. The van der Waals surface area contributed by atoms with Crippen LogP contribution >= 0.6 is 0 Å². The molecular weight excluding hydrogens is 362 g/mol. The molecule has 3 aromatic rings. The van der Waals surface area contributed by atoms with Crippen molar-refractivity contribution in [3.63, 3.8) is 0 Å². The second-order valence-corrected chi connectivity index (χ2v) is 7.26. The Bertz CT molecular complexity index is 936. The number of carbonyl (C=O) groups is 1. The van der Waals surface area contributed by atoms with Gasteiger partial charge in [-0.3, -0.25) is 0 Å². The predicted octanol–water partition coefficient (Wildman–Crippen LogP) is 5.19. The minimum atomic E-state index is -0.258. The summed E-state index contributed by atoms with van der Waals surface area (Å²) in [5, 5.41) is 0. The number of methoxy groups -OCH3 is 1. The van der Waals surface area contributed by atoms with Gasteiger partial charge < -0.3 is 14.4 Å². The van der Waals surface area contributed by atoms with Gasteiger partial charge in [-0.05, 0) is 60.4 Å². The van der Waals surface area contributed by atoms with Crippen molar-refractivity contribution in [3.05, 3.63) is 84.4 Å². The Labute approximate surface area is 171 Å². The summed E-state index contributed by atoms with van der Waals surface area (Å²) in [6.45, 7) is 1.73. The molecule has 4 nitrogen and oxygen atoms in total.